The first-order valence-electron chi connectivity index (χ1n) is 8.48. The molecule has 2 aromatic carbocycles. The highest BCUT2D eigenvalue weighted by Crippen LogP contribution is 2.47. The summed E-state index contributed by atoms with van der Waals surface area (Å²) in [5.41, 5.74) is -0.111. The molecular weight excluding hydrogens is 351 g/mol. The molecule has 140 valence electrons. The van der Waals surface area contributed by atoms with E-state index < -0.39 is 29.0 Å². The van der Waals surface area contributed by atoms with Crippen molar-refractivity contribution in [2.24, 2.45) is 5.41 Å². The number of anilines is 1. The first-order chi connectivity index (χ1) is 13.0. The van der Waals surface area contributed by atoms with E-state index in [-0.39, 0.29) is 6.54 Å². The fourth-order valence-corrected chi connectivity index (χ4v) is 2.76. The quantitative estimate of drug-likeness (QED) is 0.605. The highest BCUT2D eigenvalue weighted by molar-refractivity contribution is 6.13. The molecule has 0 radical (unpaired) electrons. The molecule has 1 aliphatic carbocycles. The van der Waals surface area contributed by atoms with E-state index in [1.807, 2.05) is 0 Å². The van der Waals surface area contributed by atoms with E-state index in [1.54, 1.807) is 36.4 Å². The van der Waals surface area contributed by atoms with Gasteiger partial charge in [-0.1, -0.05) is 24.3 Å². The van der Waals surface area contributed by atoms with Gasteiger partial charge in [0.1, 0.15) is 11.2 Å². The zero-order valence-corrected chi connectivity index (χ0v) is 14.8. The molecule has 3 rings (SSSR count). The van der Waals surface area contributed by atoms with Crippen LogP contribution in [0.2, 0.25) is 0 Å². The number of rotatable bonds is 6. The Labute approximate surface area is 155 Å². The van der Waals surface area contributed by atoms with Gasteiger partial charge in [-0.3, -0.25) is 9.59 Å². The first-order valence-corrected chi connectivity index (χ1v) is 8.48. The van der Waals surface area contributed by atoms with E-state index in [2.05, 4.69) is 15.4 Å². The van der Waals surface area contributed by atoms with Gasteiger partial charge in [0.05, 0.1) is 12.7 Å². The average Bonchev–Trinajstić information content (AvgIpc) is 3.49. The molecule has 0 aromatic heterocycles. The van der Waals surface area contributed by atoms with E-state index in [1.165, 1.54) is 19.2 Å². The van der Waals surface area contributed by atoms with Crippen LogP contribution in [0.4, 0.5) is 10.1 Å². The summed E-state index contributed by atoms with van der Waals surface area (Å²) in [5, 5.41) is 5.31. The lowest BCUT2D eigenvalue weighted by Crippen LogP contribution is -2.39. The number of carbonyl (C=O) groups excluding carboxylic acids is 3. The van der Waals surface area contributed by atoms with E-state index in [9.17, 15) is 18.8 Å². The third kappa shape index (κ3) is 3.97. The fourth-order valence-electron chi connectivity index (χ4n) is 2.76. The maximum absolute atomic E-state index is 13.7. The smallest absolute Gasteiger partial charge is 0.337 e. The van der Waals surface area contributed by atoms with Crippen molar-refractivity contribution < 1.29 is 23.5 Å². The molecule has 2 N–H and O–H groups in total. The van der Waals surface area contributed by atoms with Gasteiger partial charge in [0, 0.05) is 17.8 Å². The minimum absolute atomic E-state index is 0.0123. The van der Waals surface area contributed by atoms with Gasteiger partial charge in [0.15, 0.2) is 0 Å². The predicted molar refractivity (Wildman–Crippen MR) is 96.3 cm³/mol. The van der Waals surface area contributed by atoms with Crippen LogP contribution in [0, 0.1) is 11.2 Å². The van der Waals surface area contributed by atoms with Crippen LogP contribution in [-0.2, 0) is 20.9 Å². The molecule has 7 heteroatoms. The Bertz CT molecular complexity index is 893. The van der Waals surface area contributed by atoms with Gasteiger partial charge in [0.2, 0.25) is 11.8 Å². The molecule has 1 aliphatic rings. The number of halogens is 1. The monoisotopic (exact) mass is 370 g/mol. The van der Waals surface area contributed by atoms with Crippen molar-refractivity contribution in [3.05, 3.63) is 65.5 Å². The van der Waals surface area contributed by atoms with Crippen LogP contribution in [0.25, 0.3) is 0 Å². The number of benzene rings is 2. The number of ether oxygens (including phenoxy) is 1. The molecule has 0 saturated heterocycles. The molecule has 0 bridgehead atoms. The van der Waals surface area contributed by atoms with Crippen LogP contribution in [-0.4, -0.2) is 24.9 Å². The van der Waals surface area contributed by atoms with Gasteiger partial charge in [-0.05, 0) is 37.1 Å². The molecule has 27 heavy (non-hydrogen) atoms. The van der Waals surface area contributed by atoms with Gasteiger partial charge in [-0.25, -0.2) is 9.18 Å². The van der Waals surface area contributed by atoms with E-state index in [4.69, 9.17) is 0 Å². The minimum atomic E-state index is -1.16. The number of methoxy groups -OCH3 is 1. The van der Waals surface area contributed by atoms with Gasteiger partial charge >= 0.3 is 5.97 Å². The second-order valence-electron chi connectivity index (χ2n) is 6.38. The van der Waals surface area contributed by atoms with E-state index >= 15 is 0 Å². The second-order valence-corrected chi connectivity index (χ2v) is 6.38. The SMILES string of the molecule is COC(=O)c1cccc(NC(=O)C2(C(=O)NCc3ccccc3F)CC2)c1. The summed E-state index contributed by atoms with van der Waals surface area (Å²) < 4.78 is 18.3. The van der Waals surface area contributed by atoms with Crippen molar-refractivity contribution in [3.8, 4) is 0 Å². The lowest BCUT2D eigenvalue weighted by molar-refractivity contribution is -0.134. The molecule has 0 atom stereocenters. The van der Waals surface area contributed by atoms with Crippen molar-refractivity contribution in [2.45, 2.75) is 19.4 Å². The zero-order valence-electron chi connectivity index (χ0n) is 14.8. The molecule has 2 amide bonds. The first kappa shape index (κ1) is 18.6. The third-order valence-corrected chi connectivity index (χ3v) is 4.56. The van der Waals surface area contributed by atoms with Crippen LogP contribution in [0.3, 0.4) is 0 Å². The Kier molecular flexibility index (Phi) is 5.21. The van der Waals surface area contributed by atoms with Crippen LogP contribution in [0.5, 0.6) is 0 Å². The van der Waals surface area contributed by atoms with Gasteiger partial charge in [-0.2, -0.15) is 0 Å². The van der Waals surface area contributed by atoms with Gasteiger partial charge in [-0.15, -0.1) is 0 Å². The summed E-state index contributed by atoms with van der Waals surface area (Å²) in [6.07, 6.45) is 0.831. The highest BCUT2D eigenvalue weighted by atomic mass is 19.1. The summed E-state index contributed by atoms with van der Waals surface area (Å²) in [6.45, 7) is 0.0123. The molecule has 0 heterocycles. The Balaban J connectivity index is 1.65. The minimum Gasteiger partial charge on any atom is -0.465 e. The van der Waals surface area contributed by atoms with Crippen molar-refractivity contribution in [3.63, 3.8) is 0 Å². The molecule has 1 fully saturated rings. The predicted octanol–water partition coefficient (Wildman–Crippen LogP) is 2.65. The summed E-state index contributed by atoms with van der Waals surface area (Å²) in [6, 6.07) is 12.4. The van der Waals surface area contributed by atoms with E-state index in [0.717, 1.165) is 0 Å². The maximum Gasteiger partial charge on any atom is 0.337 e. The lowest BCUT2D eigenvalue weighted by Gasteiger charge is -2.16. The fraction of sp³-hybridized carbons (Fsp3) is 0.250. The number of esters is 1. The van der Waals surface area contributed by atoms with Crippen molar-refractivity contribution >= 4 is 23.5 Å². The van der Waals surface area contributed by atoms with E-state index in [0.29, 0.717) is 29.7 Å². The maximum atomic E-state index is 13.7. The molecule has 0 spiro atoms. The van der Waals surface area contributed by atoms with Crippen LogP contribution < -0.4 is 10.6 Å². The Morgan fingerprint density at radius 2 is 1.81 bits per heavy atom. The zero-order chi connectivity index (χ0) is 19.4. The number of amides is 2. The van der Waals surface area contributed by atoms with Crippen LogP contribution in [0.1, 0.15) is 28.8 Å². The summed E-state index contributed by atoms with van der Waals surface area (Å²) in [4.78, 5) is 36.7. The molecule has 1 saturated carbocycles. The van der Waals surface area contributed by atoms with Crippen LogP contribution >= 0.6 is 0 Å². The van der Waals surface area contributed by atoms with Crippen molar-refractivity contribution in [2.75, 3.05) is 12.4 Å². The average molecular weight is 370 g/mol. The lowest BCUT2D eigenvalue weighted by atomic mass is 10.0. The standard InChI is InChI=1S/C20H19FN2O4/c1-27-17(24)13-6-4-7-15(11-13)23-19(26)20(9-10-20)18(25)22-12-14-5-2-3-8-16(14)21/h2-8,11H,9-10,12H2,1H3,(H,22,25)(H,23,26). The summed E-state index contributed by atoms with van der Waals surface area (Å²) in [7, 11) is 1.27. The molecule has 6 nitrogen and oxygen atoms in total. The second kappa shape index (κ2) is 7.57. The summed E-state index contributed by atoms with van der Waals surface area (Å²) >= 11 is 0. The van der Waals surface area contributed by atoms with Gasteiger partial charge < -0.3 is 15.4 Å². The van der Waals surface area contributed by atoms with Crippen LogP contribution in [0.15, 0.2) is 48.5 Å². The molecular formula is C20H19FN2O4. The largest absolute Gasteiger partial charge is 0.465 e. The van der Waals surface area contributed by atoms with Crippen molar-refractivity contribution in [1.82, 2.24) is 5.32 Å². The number of carbonyl (C=O) groups is 3. The topological polar surface area (TPSA) is 84.5 Å². The summed E-state index contributed by atoms with van der Waals surface area (Å²) in [5.74, 6) is -1.82. The Hall–Kier alpha value is -3.22. The van der Waals surface area contributed by atoms with Gasteiger partial charge in [0.25, 0.3) is 0 Å². The van der Waals surface area contributed by atoms with Crippen molar-refractivity contribution in [1.29, 1.82) is 0 Å². The Morgan fingerprint density at radius 1 is 1.07 bits per heavy atom. The molecule has 0 aliphatic heterocycles. The normalized spacial score (nSPS) is 14.1. The number of hydrogen-bond acceptors (Lipinski definition) is 4. The third-order valence-electron chi connectivity index (χ3n) is 4.56. The molecule has 2 aromatic rings. The number of nitrogens with one attached hydrogen (secondary N) is 2. The number of hydrogen-bond donors (Lipinski definition) is 2. The molecule has 0 unspecified atom stereocenters. The Morgan fingerprint density at radius 3 is 2.48 bits per heavy atom. The highest BCUT2D eigenvalue weighted by Gasteiger charge is 2.56.